The zero-order valence-corrected chi connectivity index (χ0v) is 10.5. The molecule has 0 amide bonds. The van der Waals surface area contributed by atoms with Gasteiger partial charge in [-0.3, -0.25) is 9.80 Å². The number of piperidine rings is 1. The average molecular weight is 230 g/mol. The molecule has 1 unspecified atom stereocenters. The number of nitrogens with zero attached hydrogens (tertiary/aromatic N) is 2. The van der Waals surface area contributed by atoms with Crippen LogP contribution in [0, 0.1) is 0 Å². The van der Waals surface area contributed by atoms with Crippen molar-refractivity contribution in [1.29, 1.82) is 0 Å². The molecule has 0 bridgehead atoms. The monoisotopic (exact) mass is 230 g/mol. The molecule has 2 heterocycles. The summed E-state index contributed by atoms with van der Waals surface area (Å²) < 4.78 is 0. The normalized spacial score (nSPS) is 26.7. The zero-order chi connectivity index (χ0) is 11.5. The molecule has 2 saturated heterocycles. The SMILES string of the molecule is c1ccc(CN2CCN3CCCCC3C2)cc1. The quantitative estimate of drug-likeness (QED) is 0.769. The van der Waals surface area contributed by atoms with Gasteiger partial charge in [-0.25, -0.2) is 0 Å². The Balaban J connectivity index is 1.59. The van der Waals surface area contributed by atoms with E-state index in [1.54, 1.807) is 0 Å². The third-order valence-electron chi connectivity index (χ3n) is 4.17. The van der Waals surface area contributed by atoms with Gasteiger partial charge >= 0.3 is 0 Å². The summed E-state index contributed by atoms with van der Waals surface area (Å²) in [6.07, 6.45) is 4.25. The Hall–Kier alpha value is -0.860. The van der Waals surface area contributed by atoms with Crippen LogP contribution in [0.1, 0.15) is 24.8 Å². The van der Waals surface area contributed by atoms with Crippen LogP contribution in [0.5, 0.6) is 0 Å². The minimum absolute atomic E-state index is 0.834. The fourth-order valence-electron chi connectivity index (χ4n) is 3.21. The molecule has 0 N–H and O–H groups in total. The molecule has 0 spiro atoms. The number of piperazine rings is 1. The van der Waals surface area contributed by atoms with E-state index in [1.165, 1.54) is 51.0 Å². The summed E-state index contributed by atoms with van der Waals surface area (Å²) in [5.74, 6) is 0. The second kappa shape index (κ2) is 5.19. The van der Waals surface area contributed by atoms with Gasteiger partial charge in [0.2, 0.25) is 0 Å². The molecule has 0 aliphatic carbocycles. The van der Waals surface area contributed by atoms with E-state index in [4.69, 9.17) is 0 Å². The van der Waals surface area contributed by atoms with Crippen molar-refractivity contribution in [2.75, 3.05) is 26.2 Å². The molecule has 2 aliphatic heterocycles. The molecule has 92 valence electrons. The van der Waals surface area contributed by atoms with Gasteiger partial charge in [-0.15, -0.1) is 0 Å². The van der Waals surface area contributed by atoms with Gasteiger partial charge in [0.15, 0.2) is 0 Å². The van der Waals surface area contributed by atoms with Crippen LogP contribution in [-0.4, -0.2) is 42.0 Å². The first kappa shape index (κ1) is 11.2. The van der Waals surface area contributed by atoms with Crippen molar-refractivity contribution in [3.63, 3.8) is 0 Å². The molecule has 0 radical (unpaired) electrons. The van der Waals surface area contributed by atoms with Gasteiger partial charge in [0, 0.05) is 32.2 Å². The fraction of sp³-hybridized carbons (Fsp3) is 0.600. The van der Waals surface area contributed by atoms with E-state index in [0.717, 1.165) is 12.6 Å². The predicted molar refractivity (Wildman–Crippen MR) is 70.9 cm³/mol. The molecular weight excluding hydrogens is 208 g/mol. The van der Waals surface area contributed by atoms with Crippen molar-refractivity contribution in [3.8, 4) is 0 Å². The van der Waals surface area contributed by atoms with E-state index in [9.17, 15) is 0 Å². The van der Waals surface area contributed by atoms with Gasteiger partial charge in [0.05, 0.1) is 0 Å². The van der Waals surface area contributed by atoms with E-state index in [2.05, 4.69) is 40.1 Å². The molecule has 0 saturated carbocycles. The number of benzene rings is 1. The highest BCUT2D eigenvalue weighted by Gasteiger charge is 2.28. The van der Waals surface area contributed by atoms with Crippen molar-refractivity contribution in [2.45, 2.75) is 31.8 Å². The standard InChI is InChI=1S/C15H22N2/c1-2-6-14(7-3-1)12-16-10-11-17-9-5-4-8-15(17)13-16/h1-3,6-7,15H,4-5,8-13H2. The highest BCUT2D eigenvalue weighted by molar-refractivity contribution is 5.14. The first-order chi connectivity index (χ1) is 8.42. The molecule has 2 fully saturated rings. The number of hydrogen-bond acceptors (Lipinski definition) is 2. The van der Waals surface area contributed by atoms with Crippen LogP contribution in [0.2, 0.25) is 0 Å². The van der Waals surface area contributed by atoms with Crippen LogP contribution in [0.25, 0.3) is 0 Å². The second-order valence-corrected chi connectivity index (χ2v) is 5.41. The molecule has 0 aromatic heterocycles. The summed E-state index contributed by atoms with van der Waals surface area (Å²) in [5.41, 5.74) is 1.46. The predicted octanol–water partition coefficient (Wildman–Crippen LogP) is 2.36. The molecule has 1 atom stereocenters. The summed E-state index contributed by atoms with van der Waals surface area (Å²) in [4.78, 5) is 5.33. The van der Waals surface area contributed by atoms with Crippen LogP contribution in [0.4, 0.5) is 0 Å². The first-order valence-corrected chi connectivity index (χ1v) is 6.92. The number of fused-ring (bicyclic) bond motifs is 1. The van der Waals surface area contributed by atoms with E-state index in [0.29, 0.717) is 0 Å². The lowest BCUT2D eigenvalue weighted by atomic mass is 9.99. The summed E-state index contributed by atoms with van der Waals surface area (Å²) >= 11 is 0. The topological polar surface area (TPSA) is 6.48 Å². The summed E-state index contributed by atoms with van der Waals surface area (Å²) in [6, 6.07) is 11.7. The summed E-state index contributed by atoms with van der Waals surface area (Å²) in [6.45, 7) is 6.26. The Morgan fingerprint density at radius 3 is 2.76 bits per heavy atom. The smallest absolute Gasteiger partial charge is 0.0234 e. The van der Waals surface area contributed by atoms with Gasteiger partial charge in [0.1, 0.15) is 0 Å². The minimum atomic E-state index is 0.834. The lowest BCUT2D eigenvalue weighted by Gasteiger charge is -2.44. The van der Waals surface area contributed by atoms with Crippen LogP contribution < -0.4 is 0 Å². The Kier molecular flexibility index (Phi) is 3.44. The average Bonchev–Trinajstić information content (AvgIpc) is 2.40. The van der Waals surface area contributed by atoms with Gasteiger partial charge in [-0.2, -0.15) is 0 Å². The van der Waals surface area contributed by atoms with Crippen molar-refractivity contribution in [3.05, 3.63) is 35.9 Å². The van der Waals surface area contributed by atoms with Crippen LogP contribution in [-0.2, 0) is 6.54 Å². The Bertz CT molecular complexity index is 349. The number of rotatable bonds is 2. The maximum Gasteiger partial charge on any atom is 0.0234 e. The van der Waals surface area contributed by atoms with Gasteiger partial charge in [-0.05, 0) is 24.9 Å². The highest BCUT2D eigenvalue weighted by atomic mass is 15.3. The number of hydrogen-bond donors (Lipinski definition) is 0. The summed E-state index contributed by atoms with van der Waals surface area (Å²) in [5, 5.41) is 0. The Morgan fingerprint density at radius 2 is 1.88 bits per heavy atom. The molecule has 17 heavy (non-hydrogen) atoms. The van der Waals surface area contributed by atoms with Crippen LogP contribution >= 0.6 is 0 Å². The molecule has 2 nitrogen and oxygen atoms in total. The van der Waals surface area contributed by atoms with Crippen molar-refractivity contribution in [1.82, 2.24) is 9.80 Å². The minimum Gasteiger partial charge on any atom is -0.298 e. The van der Waals surface area contributed by atoms with Gasteiger partial charge in [0.25, 0.3) is 0 Å². The van der Waals surface area contributed by atoms with Crippen LogP contribution in [0.15, 0.2) is 30.3 Å². The lowest BCUT2D eigenvalue weighted by Crippen LogP contribution is -2.54. The van der Waals surface area contributed by atoms with E-state index < -0.39 is 0 Å². The zero-order valence-electron chi connectivity index (χ0n) is 10.5. The van der Waals surface area contributed by atoms with E-state index >= 15 is 0 Å². The fourth-order valence-corrected chi connectivity index (χ4v) is 3.21. The lowest BCUT2D eigenvalue weighted by molar-refractivity contribution is 0.0457. The second-order valence-electron chi connectivity index (χ2n) is 5.41. The van der Waals surface area contributed by atoms with Gasteiger partial charge in [-0.1, -0.05) is 36.8 Å². The molecule has 2 heteroatoms. The third-order valence-corrected chi connectivity index (χ3v) is 4.17. The Labute approximate surface area is 104 Å². The van der Waals surface area contributed by atoms with Crippen molar-refractivity contribution in [2.24, 2.45) is 0 Å². The van der Waals surface area contributed by atoms with Crippen LogP contribution in [0.3, 0.4) is 0 Å². The van der Waals surface area contributed by atoms with Crippen molar-refractivity contribution >= 4 is 0 Å². The van der Waals surface area contributed by atoms with E-state index in [1.807, 2.05) is 0 Å². The molecule has 1 aromatic carbocycles. The molecule has 2 aliphatic rings. The summed E-state index contributed by atoms with van der Waals surface area (Å²) in [7, 11) is 0. The van der Waals surface area contributed by atoms with Crippen molar-refractivity contribution < 1.29 is 0 Å². The molecular formula is C15H22N2. The Morgan fingerprint density at radius 1 is 1.00 bits per heavy atom. The first-order valence-electron chi connectivity index (χ1n) is 6.92. The maximum atomic E-state index is 2.70. The van der Waals surface area contributed by atoms with E-state index in [-0.39, 0.29) is 0 Å². The maximum absolute atomic E-state index is 2.70. The van der Waals surface area contributed by atoms with Gasteiger partial charge < -0.3 is 0 Å². The highest BCUT2D eigenvalue weighted by Crippen LogP contribution is 2.21. The third kappa shape index (κ3) is 2.70. The largest absolute Gasteiger partial charge is 0.298 e. The molecule has 1 aromatic rings. The molecule has 3 rings (SSSR count).